The van der Waals surface area contributed by atoms with Gasteiger partial charge in [0, 0.05) is 6.54 Å². The second-order valence-electron chi connectivity index (χ2n) is 5.37. The van der Waals surface area contributed by atoms with Crippen LogP contribution in [0.5, 0.6) is 0 Å². The van der Waals surface area contributed by atoms with Crippen LogP contribution in [0, 0.1) is 0 Å². The van der Waals surface area contributed by atoms with Gasteiger partial charge in [-0.15, -0.1) is 0 Å². The molecule has 0 aromatic rings. The molecule has 0 saturated carbocycles. The maximum Gasteiger partial charge on any atom is 0.186 e. The summed E-state index contributed by atoms with van der Waals surface area (Å²) < 4.78 is 10.3. The van der Waals surface area contributed by atoms with E-state index < -0.39 is 49.5 Å². The third-order valence-corrected chi connectivity index (χ3v) is 3.50. The lowest BCUT2D eigenvalue weighted by molar-refractivity contribution is -0.295. The van der Waals surface area contributed by atoms with Crippen LogP contribution in [0.4, 0.5) is 0 Å². The average molecular weight is 325 g/mol. The lowest BCUT2D eigenvalue weighted by Crippen LogP contribution is -2.56. The van der Waals surface area contributed by atoms with E-state index in [0.717, 1.165) is 6.42 Å². The number of nitrogens with one attached hydrogen (secondary N) is 1. The Morgan fingerprint density at radius 2 is 1.91 bits per heavy atom. The molecule has 0 amide bonds. The second kappa shape index (κ2) is 9.71. The zero-order valence-electron chi connectivity index (χ0n) is 12.6. The number of hydrogen-bond acceptors (Lipinski definition) is 9. The van der Waals surface area contributed by atoms with Gasteiger partial charge in [-0.25, -0.2) is 0 Å². The highest BCUT2D eigenvalue weighted by atomic mass is 16.7. The molecule has 1 aliphatic heterocycles. The molecule has 9 heteroatoms. The fourth-order valence-electron chi connectivity index (χ4n) is 2.10. The Labute approximate surface area is 129 Å². The maximum absolute atomic E-state index is 9.99. The van der Waals surface area contributed by atoms with Crippen LogP contribution >= 0.6 is 0 Å². The predicted molar refractivity (Wildman–Crippen MR) is 74.9 cm³/mol. The quantitative estimate of drug-likeness (QED) is 0.214. The number of aliphatic hydroxyl groups is 6. The van der Waals surface area contributed by atoms with Gasteiger partial charge in [0.05, 0.1) is 19.3 Å². The first-order valence-corrected chi connectivity index (χ1v) is 7.41. The summed E-state index contributed by atoms with van der Waals surface area (Å²) in [5.41, 5.74) is 0. The Kier molecular flexibility index (Phi) is 8.69. The van der Waals surface area contributed by atoms with Gasteiger partial charge in [-0.3, -0.25) is 0 Å². The van der Waals surface area contributed by atoms with Gasteiger partial charge in [-0.05, 0) is 13.0 Å². The van der Waals surface area contributed by atoms with Crippen molar-refractivity contribution in [3.8, 4) is 0 Å². The Morgan fingerprint density at radius 3 is 2.50 bits per heavy atom. The van der Waals surface area contributed by atoms with E-state index >= 15 is 0 Å². The lowest BCUT2D eigenvalue weighted by atomic mass is 10.0. The van der Waals surface area contributed by atoms with Gasteiger partial charge in [0.2, 0.25) is 0 Å². The fraction of sp³-hybridized carbons (Fsp3) is 1.00. The number of hydrogen-bond donors (Lipinski definition) is 7. The smallest absolute Gasteiger partial charge is 0.186 e. The molecule has 0 unspecified atom stereocenters. The minimum atomic E-state index is -1.53. The van der Waals surface area contributed by atoms with Crippen molar-refractivity contribution in [3.05, 3.63) is 0 Å². The van der Waals surface area contributed by atoms with E-state index in [1.807, 2.05) is 6.92 Å². The molecule has 7 atom stereocenters. The van der Waals surface area contributed by atoms with Crippen LogP contribution < -0.4 is 5.32 Å². The predicted octanol–water partition coefficient (Wildman–Crippen LogP) is -3.48. The normalized spacial score (nSPS) is 33.4. The van der Waals surface area contributed by atoms with E-state index in [2.05, 4.69) is 5.32 Å². The van der Waals surface area contributed by atoms with Crippen molar-refractivity contribution >= 4 is 0 Å². The third kappa shape index (κ3) is 5.37. The minimum Gasteiger partial charge on any atom is -0.394 e. The molecule has 1 rings (SSSR count). The summed E-state index contributed by atoms with van der Waals surface area (Å²) in [6.45, 7) is 1.87. The number of ether oxygens (including phenoxy) is 2. The second-order valence-corrected chi connectivity index (χ2v) is 5.37. The largest absolute Gasteiger partial charge is 0.394 e. The molecule has 0 aliphatic carbocycles. The van der Waals surface area contributed by atoms with Gasteiger partial charge in [0.25, 0.3) is 0 Å². The van der Waals surface area contributed by atoms with E-state index in [-0.39, 0.29) is 13.2 Å². The van der Waals surface area contributed by atoms with Crippen molar-refractivity contribution < 1.29 is 40.1 Å². The molecule has 0 radical (unpaired) electrons. The Hall–Kier alpha value is -0.360. The number of rotatable bonds is 9. The summed E-state index contributed by atoms with van der Waals surface area (Å²) in [5, 5.41) is 60.7. The molecule has 132 valence electrons. The molecule has 0 aromatic carbocycles. The zero-order valence-corrected chi connectivity index (χ0v) is 12.6. The molecule has 22 heavy (non-hydrogen) atoms. The lowest BCUT2D eigenvalue weighted by Gasteiger charge is -2.37. The molecule has 1 fully saturated rings. The molecule has 1 saturated heterocycles. The van der Waals surface area contributed by atoms with Crippen LogP contribution in [-0.4, -0.2) is 99.9 Å². The van der Waals surface area contributed by atoms with E-state index in [0.29, 0.717) is 6.54 Å². The summed E-state index contributed by atoms with van der Waals surface area (Å²) >= 11 is 0. The minimum absolute atomic E-state index is 0.115. The van der Waals surface area contributed by atoms with E-state index in [1.165, 1.54) is 0 Å². The summed E-state index contributed by atoms with van der Waals surface area (Å²) in [6, 6.07) is 0. The number of aliphatic hydroxyl groups excluding tert-OH is 6. The van der Waals surface area contributed by atoms with Crippen LogP contribution in [0.1, 0.15) is 13.3 Å². The van der Waals surface area contributed by atoms with Gasteiger partial charge in [0.15, 0.2) is 6.29 Å². The standard InChI is InChI=1S/C13H27NO8/c1-2-3-14-4-7(16)10(18)9(5-15)22-13-12(20)11(19)8(17)6-21-13/h7-20H,2-6H2,1H3/t7-,8+,9+,10+,11-,12+,13-/m0/s1. The Bertz CT molecular complexity index is 308. The van der Waals surface area contributed by atoms with Crippen molar-refractivity contribution in [3.63, 3.8) is 0 Å². The summed E-state index contributed by atoms with van der Waals surface area (Å²) in [5.74, 6) is 0. The molecule has 1 aliphatic rings. The van der Waals surface area contributed by atoms with Crippen LogP contribution in [0.2, 0.25) is 0 Å². The third-order valence-electron chi connectivity index (χ3n) is 3.50. The summed E-state index contributed by atoms with van der Waals surface area (Å²) in [4.78, 5) is 0. The molecular weight excluding hydrogens is 298 g/mol. The van der Waals surface area contributed by atoms with E-state index in [9.17, 15) is 30.6 Å². The molecular formula is C13H27NO8. The zero-order chi connectivity index (χ0) is 16.7. The highest BCUT2D eigenvalue weighted by Gasteiger charge is 2.40. The van der Waals surface area contributed by atoms with E-state index in [1.54, 1.807) is 0 Å². The first-order valence-electron chi connectivity index (χ1n) is 7.41. The summed E-state index contributed by atoms with van der Waals surface area (Å²) in [7, 11) is 0. The van der Waals surface area contributed by atoms with Gasteiger partial charge >= 0.3 is 0 Å². The van der Waals surface area contributed by atoms with Crippen LogP contribution in [0.25, 0.3) is 0 Å². The molecule has 7 N–H and O–H groups in total. The van der Waals surface area contributed by atoms with Gasteiger partial charge in [-0.1, -0.05) is 6.92 Å². The van der Waals surface area contributed by atoms with Gasteiger partial charge < -0.3 is 45.4 Å². The fourth-order valence-corrected chi connectivity index (χ4v) is 2.10. The van der Waals surface area contributed by atoms with Crippen LogP contribution in [-0.2, 0) is 9.47 Å². The monoisotopic (exact) mass is 325 g/mol. The van der Waals surface area contributed by atoms with Gasteiger partial charge in [-0.2, -0.15) is 0 Å². The molecule has 0 bridgehead atoms. The van der Waals surface area contributed by atoms with Crippen LogP contribution in [0.3, 0.4) is 0 Å². The van der Waals surface area contributed by atoms with E-state index in [4.69, 9.17) is 9.47 Å². The van der Waals surface area contributed by atoms with Crippen molar-refractivity contribution in [1.29, 1.82) is 0 Å². The molecule has 1 heterocycles. The summed E-state index contributed by atoms with van der Waals surface area (Å²) in [6.07, 6.45) is -8.47. The molecule has 0 spiro atoms. The van der Waals surface area contributed by atoms with Crippen molar-refractivity contribution in [2.75, 3.05) is 26.3 Å². The molecule has 9 nitrogen and oxygen atoms in total. The topological polar surface area (TPSA) is 152 Å². The first kappa shape index (κ1) is 19.7. The van der Waals surface area contributed by atoms with Gasteiger partial charge in [0.1, 0.15) is 30.5 Å². The Morgan fingerprint density at radius 1 is 1.23 bits per heavy atom. The highest BCUT2D eigenvalue weighted by Crippen LogP contribution is 2.19. The van der Waals surface area contributed by atoms with Crippen molar-refractivity contribution in [1.82, 2.24) is 5.32 Å². The molecule has 0 aromatic heterocycles. The van der Waals surface area contributed by atoms with Crippen molar-refractivity contribution in [2.24, 2.45) is 0 Å². The SMILES string of the molecule is CCCNC[C@H](O)[C@@H](O)[C@@H](CO)O[C@@H]1OC[C@@H](O)[C@H](O)[C@H]1O. The van der Waals surface area contributed by atoms with Crippen LogP contribution in [0.15, 0.2) is 0 Å². The Balaban J connectivity index is 2.52. The first-order chi connectivity index (χ1) is 10.4. The average Bonchev–Trinajstić information content (AvgIpc) is 2.51. The maximum atomic E-state index is 9.99. The van der Waals surface area contributed by atoms with Crippen molar-refractivity contribution in [2.45, 2.75) is 56.3 Å². The highest BCUT2D eigenvalue weighted by molar-refractivity contribution is 4.85.